The molecule has 29 heavy (non-hydrogen) atoms. The fourth-order valence-electron chi connectivity index (χ4n) is 2.45. The normalized spacial score (nSPS) is 28.6. The molecule has 1 rings (SSSR count). The summed E-state index contributed by atoms with van der Waals surface area (Å²) < 4.78 is 51.5. The largest absolute Gasteiger partial charge is 0.462 e. The monoisotopic (exact) mass is 444 g/mol. The maximum absolute atomic E-state index is 11.5. The molecule has 0 spiro atoms. The summed E-state index contributed by atoms with van der Waals surface area (Å²) in [5.74, 6) is -2.15. The highest BCUT2D eigenvalue weighted by molar-refractivity contribution is 7.85. The quantitative estimate of drug-likeness (QED) is 0.211. The van der Waals surface area contributed by atoms with Crippen molar-refractivity contribution >= 4 is 22.1 Å². The van der Waals surface area contributed by atoms with E-state index in [1.807, 2.05) is 0 Å². The van der Waals surface area contributed by atoms with Gasteiger partial charge in [0.1, 0.15) is 36.8 Å². The molecule has 0 bridgehead atoms. The van der Waals surface area contributed by atoms with Gasteiger partial charge in [-0.3, -0.25) is 14.1 Å². The molecule has 1 saturated heterocycles. The number of rotatable bonds is 11. The molecular weight excluding hydrogens is 416 g/mol. The van der Waals surface area contributed by atoms with E-state index >= 15 is 0 Å². The van der Waals surface area contributed by atoms with Crippen LogP contribution in [0.5, 0.6) is 0 Å². The van der Waals surface area contributed by atoms with Crippen LogP contribution in [-0.2, 0) is 38.7 Å². The van der Waals surface area contributed by atoms with Crippen molar-refractivity contribution in [1.29, 1.82) is 0 Å². The van der Waals surface area contributed by atoms with Crippen molar-refractivity contribution in [3.63, 3.8) is 0 Å². The number of esters is 2. The molecule has 0 saturated carbocycles. The molecule has 0 radical (unpaired) electrons. The topological polar surface area (TPSA) is 186 Å². The lowest BCUT2D eigenvalue weighted by molar-refractivity contribution is -0.297. The van der Waals surface area contributed by atoms with Crippen LogP contribution in [0.4, 0.5) is 0 Å². The van der Waals surface area contributed by atoms with Gasteiger partial charge in [-0.05, 0) is 6.42 Å². The zero-order valence-corrected chi connectivity index (χ0v) is 17.0. The summed E-state index contributed by atoms with van der Waals surface area (Å²) in [7, 11) is -4.56. The molecular formula is C16H28O12S. The molecule has 0 aromatic rings. The second-order valence-electron chi connectivity index (χ2n) is 6.50. The van der Waals surface area contributed by atoms with Crippen LogP contribution in [0.1, 0.15) is 33.1 Å². The van der Waals surface area contributed by atoms with Crippen LogP contribution in [0, 0.1) is 0 Å². The second kappa shape index (κ2) is 11.7. The van der Waals surface area contributed by atoms with Gasteiger partial charge in [0.05, 0.1) is 6.61 Å². The summed E-state index contributed by atoms with van der Waals surface area (Å²) in [4.78, 5) is 23.1. The van der Waals surface area contributed by atoms with E-state index in [2.05, 4.69) is 0 Å². The first-order chi connectivity index (χ1) is 13.5. The Bertz CT molecular complexity index is 636. The van der Waals surface area contributed by atoms with Gasteiger partial charge in [-0.25, -0.2) is 0 Å². The average Bonchev–Trinajstić information content (AvgIpc) is 2.64. The third kappa shape index (κ3) is 8.90. The SMILES string of the molecule is CCCC(=O)OC[C@H](CO[C@@H]1O[C@H](CS(=O)(=O)O)[C@@H](O)[C@H](O)[C@H]1O)OC(=O)CC. The molecule has 0 aliphatic carbocycles. The number of ether oxygens (including phenoxy) is 4. The summed E-state index contributed by atoms with van der Waals surface area (Å²) in [6, 6.07) is 0. The molecule has 0 aromatic heterocycles. The Labute approximate surface area is 168 Å². The Morgan fingerprint density at radius 1 is 1.03 bits per heavy atom. The van der Waals surface area contributed by atoms with E-state index in [0.29, 0.717) is 6.42 Å². The van der Waals surface area contributed by atoms with Crippen LogP contribution in [0.15, 0.2) is 0 Å². The van der Waals surface area contributed by atoms with Gasteiger partial charge in [0, 0.05) is 12.8 Å². The van der Waals surface area contributed by atoms with Crippen LogP contribution in [0.2, 0.25) is 0 Å². The summed E-state index contributed by atoms with van der Waals surface area (Å²) in [5, 5.41) is 29.7. The van der Waals surface area contributed by atoms with Crippen LogP contribution >= 0.6 is 0 Å². The Hall–Kier alpha value is -1.35. The summed E-state index contributed by atoms with van der Waals surface area (Å²) >= 11 is 0. The molecule has 6 atom stereocenters. The number of hydrogen-bond acceptors (Lipinski definition) is 11. The van der Waals surface area contributed by atoms with Crippen molar-refractivity contribution in [3.05, 3.63) is 0 Å². The average molecular weight is 444 g/mol. The van der Waals surface area contributed by atoms with Gasteiger partial charge in [-0.15, -0.1) is 0 Å². The molecule has 170 valence electrons. The highest BCUT2D eigenvalue weighted by Crippen LogP contribution is 2.23. The van der Waals surface area contributed by atoms with Gasteiger partial charge in [-0.1, -0.05) is 13.8 Å². The number of carbonyl (C=O) groups excluding carboxylic acids is 2. The predicted molar refractivity (Wildman–Crippen MR) is 95.1 cm³/mol. The highest BCUT2D eigenvalue weighted by atomic mass is 32.2. The number of carbonyl (C=O) groups is 2. The predicted octanol–water partition coefficient (Wildman–Crippen LogP) is -1.64. The van der Waals surface area contributed by atoms with E-state index in [9.17, 15) is 33.3 Å². The summed E-state index contributed by atoms with van der Waals surface area (Å²) in [6.45, 7) is 2.58. The van der Waals surface area contributed by atoms with Crippen LogP contribution < -0.4 is 0 Å². The molecule has 0 unspecified atom stereocenters. The van der Waals surface area contributed by atoms with Crippen LogP contribution in [0.3, 0.4) is 0 Å². The molecule has 4 N–H and O–H groups in total. The van der Waals surface area contributed by atoms with Crippen LogP contribution in [0.25, 0.3) is 0 Å². The van der Waals surface area contributed by atoms with E-state index < -0.39 is 71.2 Å². The van der Waals surface area contributed by atoms with Gasteiger partial charge in [0.2, 0.25) is 0 Å². The maximum Gasteiger partial charge on any atom is 0.305 e. The van der Waals surface area contributed by atoms with Crippen molar-refractivity contribution in [2.45, 2.75) is 69.9 Å². The van der Waals surface area contributed by atoms with E-state index in [0.717, 1.165) is 0 Å². The zero-order valence-electron chi connectivity index (χ0n) is 16.2. The number of hydrogen-bond donors (Lipinski definition) is 4. The minimum atomic E-state index is -4.56. The fraction of sp³-hybridized carbons (Fsp3) is 0.875. The maximum atomic E-state index is 11.5. The Morgan fingerprint density at radius 2 is 1.69 bits per heavy atom. The lowest BCUT2D eigenvalue weighted by Crippen LogP contribution is -2.60. The first kappa shape index (κ1) is 25.7. The van der Waals surface area contributed by atoms with Gasteiger partial charge < -0.3 is 34.3 Å². The molecule has 1 aliphatic heterocycles. The third-order valence-electron chi connectivity index (χ3n) is 3.96. The molecule has 0 amide bonds. The van der Waals surface area contributed by atoms with Crippen LogP contribution in [-0.4, -0.2) is 96.0 Å². The molecule has 1 fully saturated rings. The first-order valence-electron chi connectivity index (χ1n) is 9.10. The van der Waals surface area contributed by atoms with Crippen molar-refractivity contribution in [1.82, 2.24) is 0 Å². The molecule has 13 heteroatoms. The second-order valence-corrected chi connectivity index (χ2v) is 7.99. The Kier molecular flexibility index (Phi) is 10.4. The molecule has 0 aromatic carbocycles. The summed E-state index contributed by atoms with van der Waals surface area (Å²) in [6.07, 6.45) is -8.83. The van der Waals surface area contributed by atoms with Gasteiger partial charge in [0.25, 0.3) is 10.1 Å². The minimum absolute atomic E-state index is 0.0449. The standard InChI is InChI=1S/C16H28O12S/c1-3-5-12(18)25-6-9(27-11(17)4-2)7-26-16-15(21)14(20)13(19)10(28-16)8-29(22,23)24/h9-10,13-16,19-21H,3-8H2,1-2H3,(H,22,23,24)/t9-,10-,13-,14+,15-,16-/m1/s1. The first-order valence-corrected chi connectivity index (χ1v) is 10.7. The number of aliphatic hydroxyl groups is 3. The minimum Gasteiger partial charge on any atom is -0.462 e. The van der Waals surface area contributed by atoms with Crippen molar-refractivity contribution < 1.29 is 56.8 Å². The Morgan fingerprint density at radius 3 is 2.24 bits per heavy atom. The van der Waals surface area contributed by atoms with E-state index in [1.165, 1.54) is 0 Å². The van der Waals surface area contributed by atoms with E-state index in [-0.39, 0.29) is 19.4 Å². The molecule has 12 nitrogen and oxygen atoms in total. The smallest absolute Gasteiger partial charge is 0.305 e. The van der Waals surface area contributed by atoms with Crippen molar-refractivity contribution in [3.8, 4) is 0 Å². The lowest BCUT2D eigenvalue weighted by atomic mass is 10.00. The van der Waals surface area contributed by atoms with Gasteiger partial charge in [-0.2, -0.15) is 8.42 Å². The highest BCUT2D eigenvalue weighted by Gasteiger charge is 2.45. The molecule has 1 heterocycles. The molecule has 1 aliphatic rings. The van der Waals surface area contributed by atoms with Crippen molar-refractivity contribution in [2.24, 2.45) is 0 Å². The lowest BCUT2D eigenvalue weighted by Gasteiger charge is -2.40. The van der Waals surface area contributed by atoms with E-state index in [1.54, 1.807) is 13.8 Å². The zero-order chi connectivity index (χ0) is 22.2. The van der Waals surface area contributed by atoms with Crippen molar-refractivity contribution in [2.75, 3.05) is 19.0 Å². The van der Waals surface area contributed by atoms with Gasteiger partial charge >= 0.3 is 11.9 Å². The third-order valence-corrected chi connectivity index (χ3v) is 4.71. The Balaban J connectivity index is 2.75. The van der Waals surface area contributed by atoms with Gasteiger partial charge in [0.15, 0.2) is 12.4 Å². The fourth-order valence-corrected chi connectivity index (χ4v) is 3.14. The van der Waals surface area contributed by atoms with E-state index in [4.69, 9.17) is 23.5 Å². The summed E-state index contributed by atoms with van der Waals surface area (Å²) in [5.41, 5.74) is 0. The number of aliphatic hydroxyl groups excluding tert-OH is 3.